The zero-order valence-electron chi connectivity index (χ0n) is 15.5. The van der Waals surface area contributed by atoms with Gasteiger partial charge in [0.25, 0.3) is 5.91 Å². The molecular formula is C18H21N3O6S. The van der Waals surface area contributed by atoms with Gasteiger partial charge in [-0.15, -0.1) is 11.8 Å². The highest BCUT2D eigenvalue weighted by Crippen LogP contribution is 2.11. The molecule has 0 unspecified atom stereocenters. The summed E-state index contributed by atoms with van der Waals surface area (Å²) in [5.74, 6) is 0.329. The van der Waals surface area contributed by atoms with E-state index in [1.807, 2.05) is 12.1 Å². The number of aromatic nitrogens is 1. The van der Waals surface area contributed by atoms with Crippen LogP contribution in [0.4, 0.5) is 5.82 Å². The van der Waals surface area contributed by atoms with Gasteiger partial charge < -0.3 is 24.6 Å². The molecule has 150 valence electrons. The third-order valence-electron chi connectivity index (χ3n) is 3.36. The maximum atomic E-state index is 11.7. The number of carbonyl (C=O) groups excluding carboxylic acids is 3. The number of nitrogens with zero attached hydrogens (tertiary/aromatic N) is 1. The van der Waals surface area contributed by atoms with E-state index in [9.17, 15) is 14.4 Å². The van der Waals surface area contributed by atoms with Gasteiger partial charge in [0.05, 0.1) is 18.6 Å². The van der Waals surface area contributed by atoms with Gasteiger partial charge in [-0.25, -0.2) is 0 Å². The van der Waals surface area contributed by atoms with Crippen molar-refractivity contribution >= 4 is 35.4 Å². The number of amides is 2. The predicted molar refractivity (Wildman–Crippen MR) is 103 cm³/mol. The lowest BCUT2D eigenvalue weighted by Gasteiger charge is -2.07. The van der Waals surface area contributed by atoms with E-state index in [2.05, 4.69) is 15.8 Å². The fourth-order valence-corrected chi connectivity index (χ4v) is 2.62. The van der Waals surface area contributed by atoms with Crippen molar-refractivity contribution in [2.45, 2.75) is 13.5 Å². The molecule has 0 bridgehead atoms. The summed E-state index contributed by atoms with van der Waals surface area (Å²) >= 11 is 1.07. The van der Waals surface area contributed by atoms with Crippen LogP contribution in [-0.4, -0.2) is 48.2 Å². The van der Waals surface area contributed by atoms with Gasteiger partial charge in [0.1, 0.15) is 11.5 Å². The molecule has 0 atom stereocenters. The van der Waals surface area contributed by atoms with E-state index < -0.39 is 11.9 Å². The molecule has 2 aromatic rings. The summed E-state index contributed by atoms with van der Waals surface area (Å²) in [4.78, 5) is 35.1. The number of nitrogens with one attached hydrogen (secondary N) is 2. The van der Waals surface area contributed by atoms with Crippen LogP contribution >= 0.6 is 11.8 Å². The molecule has 0 spiro atoms. The molecule has 9 nitrogen and oxygen atoms in total. The summed E-state index contributed by atoms with van der Waals surface area (Å²) < 4.78 is 14.8. The lowest BCUT2D eigenvalue weighted by molar-refractivity contribution is -0.145. The first-order valence-electron chi connectivity index (χ1n) is 8.32. The summed E-state index contributed by atoms with van der Waals surface area (Å²) in [6.45, 7) is 1.65. The average Bonchev–Trinajstić information content (AvgIpc) is 3.09. The van der Waals surface area contributed by atoms with Crippen LogP contribution in [0.3, 0.4) is 0 Å². The van der Waals surface area contributed by atoms with Crippen molar-refractivity contribution in [1.82, 2.24) is 10.5 Å². The molecule has 28 heavy (non-hydrogen) atoms. The molecule has 0 saturated heterocycles. The number of rotatable bonds is 10. The largest absolute Gasteiger partial charge is 0.497 e. The van der Waals surface area contributed by atoms with Gasteiger partial charge in [-0.1, -0.05) is 17.3 Å². The SMILES string of the molecule is COc1ccc(CNC(=O)COC(=O)CSCC(=O)Nc2cc(C)on2)cc1. The lowest BCUT2D eigenvalue weighted by atomic mass is 10.2. The lowest BCUT2D eigenvalue weighted by Crippen LogP contribution is -2.28. The molecule has 1 heterocycles. The van der Waals surface area contributed by atoms with E-state index >= 15 is 0 Å². The first kappa shape index (κ1) is 21.3. The maximum Gasteiger partial charge on any atom is 0.316 e. The number of methoxy groups -OCH3 is 1. The molecule has 10 heteroatoms. The van der Waals surface area contributed by atoms with Gasteiger partial charge in [0, 0.05) is 12.6 Å². The standard InChI is InChI=1S/C18H21N3O6S/c1-12-7-15(21-27-12)20-17(23)10-28-11-18(24)26-9-16(22)19-8-13-3-5-14(25-2)6-4-13/h3-7H,8-11H2,1-2H3,(H,19,22)(H,20,21,23). The third kappa shape index (κ3) is 7.70. The molecule has 1 aromatic carbocycles. The molecule has 0 aliphatic carbocycles. The topological polar surface area (TPSA) is 120 Å². The van der Waals surface area contributed by atoms with Gasteiger partial charge in [-0.05, 0) is 24.6 Å². The minimum atomic E-state index is -0.574. The molecule has 0 radical (unpaired) electrons. The smallest absolute Gasteiger partial charge is 0.316 e. The highest BCUT2D eigenvalue weighted by molar-refractivity contribution is 8.00. The Morgan fingerprint density at radius 3 is 2.54 bits per heavy atom. The second kappa shape index (κ2) is 11.0. The van der Waals surface area contributed by atoms with Crippen molar-refractivity contribution in [1.29, 1.82) is 0 Å². The average molecular weight is 407 g/mol. The molecule has 0 saturated carbocycles. The van der Waals surface area contributed by atoms with Crippen LogP contribution in [0.5, 0.6) is 5.75 Å². The predicted octanol–water partition coefficient (Wildman–Crippen LogP) is 1.52. The van der Waals surface area contributed by atoms with E-state index in [1.54, 1.807) is 32.2 Å². The monoisotopic (exact) mass is 407 g/mol. The van der Waals surface area contributed by atoms with Crippen molar-refractivity contribution in [3.05, 3.63) is 41.7 Å². The Labute approximate surface area is 166 Å². The Kier molecular flexibility index (Phi) is 8.35. The first-order chi connectivity index (χ1) is 13.5. The highest BCUT2D eigenvalue weighted by Gasteiger charge is 2.11. The normalized spacial score (nSPS) is 10.2. The number of carbonyl (C=O) groups is 3. The number of anilines is 1. The van der Waals surface area contributed by atoms with Crippen molar-refractivity contribution in [2.75, 3.05) is 30.5 Å². The number of thioether (sulfide) groups is 1. The molecule has 0 aliphatic rings. The van der Waals surface area contributed by atoms with Crippen LogP contribution in [0.15, 0.2) is 34.9 Å². The second-order valence-electron chi connectivity index (χ2n) is 5.65. The van der Waals surface area contributed by atoms with E-state index in [-0.39, 0.29) is 24.0 Å². The van der Waals surface area contributed by atoms with E-state index in [0.717, 1.165) is 23.1 Å². The molecule has 1 aromatic heterocycles. The highest BCUT2D eigenvalue weighted by atomic mass is 32.2. The van der Waals surface area contributed by atoms with Crippen LogP contribution in [0.25, 0.3) is 0 Å². The number of hydrogen-bond acceptors (Lipinski definition) is 8. The first-order valence-corrected chi connectivity index (χ1v) is 9.48. The molecule has 0 aliphatic heterocycles. The number of esters is 1. The molecule has 2 N–H and O–H groups in total. The third-order valence-corrected chi connectivity index (χ3v) is 4.27. The van der Waals surface area contributed by atoms with Gasteiger partial charge >= 0.3 is 5.97 Å². The fourth-order valence-electron chi connectivity index (χ4n) is 2.01. The minimum Gasteiger partial charge on any atom is -0.497 e. The summed E-state index contributed by atoms with van der Waals surface area (Å²) in [5.41, 5.74) is 0.893. The van der Waals surface area contributed by atoms with Gasteiger partial charge in [0.15, 0.2) is 12.4 Å². The Morgan fingerprint density at radius 2 is 1.89 bits per heavy atom. The Hall–Kier alpha value is -3.01. The van der Waals surface area contributed by atoms with Crippen molar-refractivity contribution < 1.29 is 28.4 Å². The molecule has 0 fully saturated rings. The van der Waals surface area contributed by atoms with Crippen LogP contribution in [0.2, 0.25) is 0 Å². The van der Waals surface area contributed by atoms with E-state index in [4.69, 9.17) is 14.0 Å². The maximum absolute atomic E-state index is 11.7. The Balaban J connectivity index is 1.57. The number of benzene rings is 1. The van der Waals surface area contributed by atoms with Gasteiger partial charge in [-0.3, -0.25) is 14.4 Å². The summed E-state index contributed by atoms with van der Waals surface area (Å²) in [7, 11) is 1.58. The number of aryl methyl sites for hydroxylation is 1. The van der Waals surface area contributed by atoms with Crippen LogP contribution < -0.4 is 15.4 Å². The zero-order valence-corrected chi connectivity index (χ0v) is 16.3. The minimum absolute atomic E-state index is 0.0446. The Morgan fingerprint density at radius 1 is 1.14 bits per heavy atom. The summed E-state index contributed by atoms with van der Waals surface area (Å²) in [6.07, 6.45) is 0. The Bertz CT molecular complexity index is 806. The fraction of sp³-hybridized carbons (Fsp3) is 0.333. The summed E-state index contributed by atoms with van der Waals surface area (Å²) in [5, 5.41) is 8.83. The zero-order chi connectivity index (χ0) is 20.4. The van der Waals surface area contributed by atoms with E-state index in [0.29, 0.717) is 18.1 Å². The molecular weight excluding hydrogens is 386 g/mol. The number of hydrogen-bond donors (Lipinski definition) is 2. The molecule has 2 rings (SSSR count). The quantitative estimate of drug-likeness (QED) is 0.569. The van der Waals surface area contributed by atoms with E-state index in [1.165, 1.54) is 0 Å². The van der Waals surface area contributed by atoms with Crippen molar-refractivity contribution in [3.63, 3.8) is 0 Å². The van der Waals surface area contributed by atoms with Crippen LogP contribution in [0.1, 0.15) is 11.3 Å². The van der Waals surface area contributed by atoms with Gasteiger partial charge in [0.2, 0.25) is 5.91 Å². The van der Waals surface area contributed by atoms with Crippen LogP contribution in [0, 0.1) is 6.92 Å². The van der Waals surface area contributed by atoms with Crippen molar-refractivity contribution in [3.8, 4) is 5.75 Å². The number of ether oxygens (including phenoxy) is 2. The molecule has 2 amide bonds. The van der Waals surface area contributed by atoms with Crippen molar-refractivity contribution in [2.24, 2.45) is 0 Å². The second-order valence-corrected chi connectivity index (χ2v) is 6.63. The summed E-state index contributed by atoms with van der Waals surface area (Å²) in [6, 6.07) is 8.82. The van der Waals surface area contributed by atoms with Crippen LogP contribution in [-0.2, 0) is 25.7 Å². The van der Waals surface area contributed by atoms with Gasteiger partial charge in [-0.2, -0.15) is 0 Å².